The fraction of sp³-hybridized carbons (Fsp3) is 0.250. The summed E-state index contributed by atoms with van der Waals surface area (Å²) in [5.41, 5.74) is 2.68. The van der Waals surface area contributed by atoms with E-state index in [4.69, 9.17) is 16.3 Å². The van der Waals surface area contributed by atoms with Crippen molar-refractivity contribution in [3.05, 3.63) is 52.8 Å². The number of fused-ring (bicyclic) bond motifs is 1. The number of halogens is 2. The van der Waals surface area contributed by atoms with Gasteiger partial charge in [-0.2, -0.15) is 0 Å². The van der Waals surface area contributed by atoms with Gasteiger partial charge in [0.05, 0.1) is 11.6 Å². The molecule has 0 aliphatic carbocycles. The van der Waals surface area contributed by atoms with E-state index in [-0.39, 0.29) is 5.02 Å². The molecule has 0 fully saturated rings. The predicted octanol–water partition coefficient (Wildman–Crippen LogP) is 4.19. The van der Waals surface area contributed by atoms with Crippen molar-refractivity contribution < 1.29 is 9.13 Å². The van der Waals surface area contributed by atoms with Crippen LogP contribution in [0.3, 0.4) is 0 Å². The third-order valence-corrected chi connectivity index (χ3v) is 4.05. The Labute approximate surface area is 122 Å². The van der Waals surface area contributed by atoms with Crippen LogP contribution in [0.1, 0.15) is 18.0 Å². The molecule has 2 aromatic carbocycles. The summed E-state index contributed by atoms with van der Waals surface area (Å²) in [4.78, 5) is 0. The van der Waals surface area contributed by atoms with E-state index in [1.165, 1.54) is 6.07 Å². The molecular weight excluding hydrogens is 277 g/mol. The highest BCUT2D eigenvalue weighted by atomic mass is 35.5. The molecule has 0 radical (unpaired) electrons. The van der Waals surface area contributed by atoms with Crippen molar-refractivity contribution in [2.24, 2.45) is 0 Å². The molecule has 2 nitrogen and oxygen atoms in total. The van der Waals surface area contributed by atoms with Gasteiger partial charge in [0.25, 0.3) is 0 Å². The minimum atomic E-state index is -0.407. The predicted molar refractivity (Wildman–Crippen MR) is 78.8 cm³/mol. The zero-order chi connectivity index (χ0) is 14.1. The monoisotopic (exact) mass is 291 g/mol. The maximum absolute atomic E-state index is 13.5. The fourth-order valence-electron chi connectivity index (χ4n) is 2.58. The van der Waals surface area contributed by atoms with Gasteiger partial charge in [-0.15, -0.1) is 0 Å². The molecule has 1 N–H and O–H groups in total. The maximum atomic E-state index is 13.5. The Morgan fingerprint density at radius 1 is 1.30 bits per heavy atom. The van der Waals surface area contributed by atoms with Crippen molar-refractivity contribution in [1.29, 1.82) is 0 Å². The smallest absolute Gasteiger partial charge is 0.142 e. The number of nitrogens with one attached hydrogen (secondary N) is 1. The second kappa shape index (κ2) is 5.43. The zero-order valence-corrected chi connectivity index (χ0v) is 11.9. The molecule has 0 spiro atoms. The molecule has 0 bridgehead atoms. The summed E-state index contributed by atoms with van der Waals surface area (Å²) in [6, 6.07) is 11.0. The van der Waals surface area contributed by atoms with Gasteiger partial charge in [-0.3, -0.25) is 0 Å². The van der Waals surface area contributed by atoms with E-state index >= 15 is 0 Å². The molecule has 0 amide bonds. The molecule has 0 saturated carbocycles. The molecule has 1 heterocycles. The third-order valence-electron chi connectivity index (χ3n) is 3.66. The van der Waals surface area contributed by atoms with E-state index in [1.807, 2.05) is 31.3 Å². The molecule has 2 aromatic rings. The number of rotatable bonds is 2. The van der Waals surface area contributed by atoms with Crippen molar-refractivity contribution in [3.63, 3.8) is 0 Å². The van der Waals surface area contributed by atoms with Gasteiger partial charge >= 0.3 is 0 Å². The topological polar surface area (TPSA) is 21.3 Å². The summed E-state index contributed by atoms with van der Waals surface area (Å²) < 4.78 is 19.3. The highest BCUT2D eigenvalue weighted by molar-refractivity contribution is 6.33. The molecule has 0 aromatic heterocycles. The quantitative estimate of drug-likeness (QED) is 0.896. The fourth-order valence-corrected chi connectivity index (χ4v) is 2.82. The first-order chi connectivity index (χ1) is 9.70. The highest BCUT2D eigenvalue weighted by Gasteiger charge is 2.20. The van der Waals surface area contributed by atoms with E-state index in [9.17, 15) is 4.39 Å². The van der Waals surface area contributed by atoms with Gasteiger partial charge in [-0.25, -0.2) is 4.39 Å². The largest absolute Gasteiger partial charge is 0.493 e. The van der Waals surface area contributed by atoms with Crippen molar-refractivity contribution >= 4 is 11.6 Å². The average molecular weight is 292 g/mol. The van der Waals surface area contributed by atoms with Crippen LogP contribution >= 0.6 is 11.6 Å². The van der Waals surface area contributed by atoms with Gasteiger partial charge in [0.2, 0.25) is 0 Å². The second-order valence-corrected chi connectivity index (χ2v) is 5.21. The summed E-state index contributed by atoms with van der Waals surface area (Å²) >= 11 is 6.04. The molecule has 1 aliphatic heterocycles. The molecule has 1 atom stereocenters. The first kappa shape index (κ1) is 13.4. The third kappa shape index (κ3) is 2.28. The number of benzene rings is 2. The van der Waals surface area contributed by atoms with E-state index in [0.29, 0.717) is 18.2 Å². The van der Waals surface area contributed by atoms with Crippen molar-refractivity contribution in [1.82, 2.24) is 5.32 Å². The maximum Gasteiger partial charge on any atom is 0.142 e. The summed E-state index contributed by atoms with van der Waals surface area (Å²) in [5.74, 6) is 0.435. The number of hydrogen-bond donors (Lipinski definition) is 1. The molecule has 0 saturated heterocycles. The Kier molecular flexibility index (Phi) is 3.64. The van der Waals surface area contributed by atoms with Gasteiger partial charge in [0.1, 0.15) is 11.6 Å². The first-order valence-electron chi connectivity index (χ1n) is 6.59. The molecule has 1 aliphatic rings. The molecule has 3 rings (SSSR count). The lowest BCUT2D eigenvalue weighted by Gasteiger charge is -2.26. The van der Waals surface area contributed by atoms with Crippen molar-refractivity contribution in [2.45, 2.75) is 12.5 Å². The lowest BCUT2D eigenvalue weighted by atomic mass is 9.96. The van der Waals surface area contributed by atoms with Crippen LogP contribution in [-0.4, -0.2) is 13.7 Å². The Hall–Kier alpha value is -1.58. The summed E-state index contributed by atoms with van der Waals surface area (Å²) in [7, 11) is 1.94. The van der Waals surface area contributed by atoms with Crippen molar-refractivity contribution in [3.8, 4) is 16.9 Å². The molecule has 104 valence electrons. The van der Waals surface area contributed by atoms with Crippen LogP contribution in [0.2, 0.25) is 5.02 Å². The van der Waals surface area contributed by atoms with Crippen molar-refractivity contribution in [2.75, 3.05) is 13.7 Å². The van der Waals surface area contributed by atoms with Gasteiger partial charge in [-0.1, -0.05) is 35.9 Å². The molecule has 0 unspecified atom stereocenters. The Morgan fingerprint density at radius 2 is 2.15 bits per heavy atom. The van der Waals surface area contributed by atoms with Gasteiger partial charge in [-0.05, 0) is 24.7 Å². The normalized spacial score (nSPS) is 17.4. The van der Waals surface area contributed by atoms with Gasteiger partial charge in [0, 0.05) is 23.6 Å². The van der Waals surface area contributed by atoms with Gasteiger partial charge < -0.3 is 10.1 Å². The van der Waals surface area contributed by atoms with Crippen LogP contribution in [0.4, 0.5) is 4.39 Å². The SMILES string of the molecule is CN[C@@H]1CCOc2cc(-c3cccc(F)c3Cl)ccc21. The van der Waals surface area contributed by atoms with E-state index in [1.54, 1.807) is 6.07 Å². The van der Waals surface area contributed by atoms with Crippen LogP contribution in [0.5, 0.6) is 5.75 Å². The Balaban J connectivity index is 2.06. The zero-order valence-electron chi connectivity index (χ0n) is 11.1. The van der Waals surface area contributed by atoms with Crippen LogP contribution in [0.25, 0.3) is 11.1 Å². The number of hydrogen-bond acceptors (Lipinski definition) is 2. The minimum absolute atomic E-state index is 0.147. The van der Waals surface area contributed by atoms with Crippen LogP contribution in [0, 0.1) is 5.82 Å². The van der Waals surface area contributed by atoms with Crippen LogP contribution < -0.4 is 10.1 Å². The van der Waals surface area contributed by atoms with Gasteiger partial charge in [0.15, 0.2) is 0 Å². The lowest BCUT2D eigenvalue weighted by molar-refractivity contribution is 0.257. The summed E-state index contributed by atoms with van der Waals surface area (Å²) in [5, 5.41) is 3.42. The highest BCUT2D eigenvalue weighted by Crippen LogP contribution is 2.37. The van der Waals surface area contributed by atoms with E-state index < -0.39 is 5.82 Å². The second-order valence-electron chi connectivity index (χ2n) is 4.83. The van der Waals surface area contributed by atoms with E-state index in [2.05, 4.69) is 5.32 Å². The molecule has 4 heteroatoms. The number of ether oxygens (including phenoxy) is 1. The van der Waals surface area contributed by atoms with Crippen LogP contribution in [0.15, 0.2) is 36.4 Å². The molecule has 20 heavy (non-hydrogen) atoms. The molecular formula is C16H15ClFNO. The Morgan fingerprint density at radius 3 is 2.95 bits per heavy atom. The van der Waals surface area contributed by atoms with Crippen LogP contribution in [-0.2, 0) is 0 Å². The average Bonchev–Trinajstić information content (AvgIpc) is 2.49. The summed E-state index contributed by atoms with van der Waals surface area (Å²) in [6.45, 7) is 0.679. The standard InChI is InChI=1S/C16H15ClFNO/c1-19-14-7-8-20-15-9-10(5-6-12(14)15)11-3-2-4-13(18)16(11)17/h2-6,9,14,19H,7-8H2,1H3/t14-/m1/s1. The van der Waals surface area contributed by atoms with E-state index in [0.717, 1.165) is 23.3 Å². The minimum Gasteiger partial charge on any atom is -0.493 e. The Bertz CT molecular complexity index is 644. The first-order valence-corrected chi connectivity index (χ1v) is 6.97. The summed E-state index contributed by atoms with van der Waals surface area (Å²) in [6.07, 6.45) is 0.948. The lowest BCUT2D eigenvalue weighted by Crippen LogP contribution is -2.23.